The van der Waals surface area contributed by atoms with Crippen molar-refractivity contribution in [1.82, 2.24) is 16.4 Å². The molecule has 0 aromatic carbocycles. The van der Waals surface area contributed by atoms with Gasteiger partial charge in [-0.15, -0.1) is 0 Å². The van der Waals surface area contributed by atoms with Gasteiger partial charge in [-0.1, -0.05) is 168 Å². The van der Waals surface area contributed by atoms with E-state index in [1.807, 2.05) is 5.32 Å². The molecule has 13 nitrogen and oxygen atoms in total. The Balaban J connectivity index is 4.72. The summed E-state index contributed by atoms with van der Waals surface area (Å²) in [4.78, 5) is 61.4. The Bertz CT molecular complexity index is 1050. The first kappa shape index (κ1) is 55.6. The number of nitrogens with one attached hydrogen (secondary N) is 3. The molecule has 6 N–H and O–H groups in total. The molecule has 4 atom stereocenters. The SMILES string of the molecule is CCCCCCCCCCCCCCCC(=O)OCC(CSCC([NH])C(=O)NC(CO)C(=O)NC(CO)C(=O)O)OC(=O)CCCCCCCCCCCCCCC. The summed E-state index contributed by atoms with van der Waals surface area (Å²) in [6, 6.07) is -4.51. The molecule has 0 saturated carbocycles. The molecule has 0 aliphatic carbocycles. The minimum Gasteiger partial charge on any atom is -0.480 e. The van der Waals surface area contributed by atoms with Crippen LogP contribution in [0.1, 0.15) is 194 Å². The molecule has 4 unspecified atom stereocenters. The summed E-state index contributed by atoms with van der Waals surface area (Å²) in [6.07, 6.45) is 30.9. The second-order valence-electron chi connectivity index (χ2n) is 15.7. The third-order valence-electron chi connectivity index (χ3n) is 10.2. The molecule has 2 amide bonds. The van der Waals surface area contributed by atoms with Crippen LogP contribution in [0.15, 0.2) is 0 Å². The van der Waals surface area contributed by atoms with Crippen LogP contribution in [-0.4, -0.2) is 101 Å². The molecule has 58 heavy (non-hydrogen) atoms. The topological polar surface area (TPSA) is 212 Å². The fourth-order valence-corrected chi connectivity index (χ4v) is 7.46. The van der Waals surface area contributed by atoms with Gasteiger partial charge in [-0.2, -0.15) is 11.8 Å². The van der Waals surface area contributed by atoms with Crippen molar-refractivity contribution in [1.29, 1.82) is 0 Å². The number of rotatable bonds is 42. The lowest BCUT2D eigenvalue weighted by molar-refractivity contribution is -0.157. The van der Waals surface area contributed by atoms with Gasteiger partial charge in [0.05, 0.1) is 13.2 Å². The molecule has 0 saturated heterocycles. The maximum atomic E-state index is 12.8. The molecule has 0 fully saturated rings. The number of aliphatic carboxylic acids is 1. The third kappa shape index (κ3) is 33.4. The number of carbonyl (C=O) groups excluding carboxylic acids is 4. The molecule has 0 bridgehead atoms. The van der Waals surface area contributed by atoms with Gasteiger partial charge in [-0.3, -0.25) is 19.2 Å². The standard InChI is InChI=1S/C44H82N3O10S/c1-3-5-7-9-11-13-15-17-19-21-23-25-27-29-40(50)56-33-36(57-41(51)30-28-26-24-22-20-18-16-14-12-10-8-6-4-2)34-58-35-37(45)42(52)46-38(31-48)43(53)47-39(32-49)44(54)55/h36-39,45,48-49H,3-35H2,1-2H3,(H,46,52)(H,47,53)(H,54,55). The van der Waals surface area contributed by atoms with E-state index in [-0.39, 0.29) is 42.9 Å². The molecule has 0 aliphatic heterocycles. The fourth-order valence-electron chi connectivity index (χ4n) is 6.51. The van der Waals surface area contributed by atoms with Gasteiger partial charge in [0.1, 0.15) is 30.8 Å². The Kier molecular flexibility index (Phi) is 38.3. The van der Waals surface area contributed by atoms with E-state index in [9.17, 15) is 29.1 Å². The highest BCUT2D eigenvalue weighted by Gasteiger charge is 2.28. The molecule has 14 heteroatoms. The lowest BCUT2D eigenvalue weighted by Gasteiger charge is -2.21. The number of aliphatic hydroxyl groups excluding tert-OH is 2. The minimum atomic E-state index is -1.62. The molecule has 339 valence electrons. The number of esters is 2. The first-order valence-electron chi connectivity index (χ1n) is 22.8. The molecular formula is C44H82N3O10S. The van der Waals surface area contributed by atoms with Crippen molar-refractivity contribution in [2.45, 2.75) is 218 Å². The van der Waals surface area contributed by atoms with E-state index in [1.165, 1.54) is 116 Å². The van der Waals surface area contributed by atoms with Crippen LogP contribution in [0.2, 0.25) is 0 Å². The Labute approximate surface area is 354 Å². The summed E-state index contributed by atoms with van der Waals surface area (Å²) in [5.74, 6) is -4.02. The average Bonchev–Trinajstić information content (AvgIpc) is 3.20. The van der Waals surface area contributed by atoms with Crippen LogP contribution in [0, 0.1) is 0 Å². The van der Waals surface area contributed by atoms with E-state index in [0.717, 1.165) is 56.7 Å². The van der Waals surface area contributed by atoms with Crippen molar-refractivity contribution < 1.29 is 48.8 Å². The van der Waals surface area contributed by atoms with Crippen LogP contribution in [0.3, 0.4) is 0 Å². The first-order valence-corrected chi connectivity index (χ1v) is 23.9. The highest BCUT2D eigenvalue weighted by Crippen LogP contribution is 2.16. The van der Waals surface area contributed by atoms with Gasteiger partial charge >= 0.3 is 17.9 Å². The van der Waals surface area contributed by atoms with Crippen LogP contribution in [0.4, 0.5) is 0 Å². The van der Waals surface area contributed by atoms with Gasteiger partial charge in [0.15, 0.2) is 0 Å². The van der Waals surface area contributed by atoms with Crippen molar-refractivity contribution in [3.63, 3.8) is 0 Å². The van der Waals surface area contributed by atoms with E-state index in [2.05, 4.69) is 19.2 Å². The smallest absolute Gasteiger partial charge is 0.328 e. The van der Waals surface area contributed by atoms with Gasteiger partial charge in [-0.25, -0.2) is 10.5 Å². The molecular weight excluding hydrogens is 763 g/mol. The van der Waals surface area contributed by atoms with E-state index in [0.29, 0.717) is 6.42 Å². The van der Waals surface area contributed by atoms with Crippen LogP contribution in [0.5, 0.6) is 0 Å². The van der Waals surface area contributed by atoms with E-state index >= 15 is 0 Å². The predicted molar refractivity (Wildman–Crippen MR) is 231 cm³/mol. The molecule has 0 aromatic rings. The third-order valence-corrected chi connectivity index (χ3v) is 11.4. The second-order valence-corrected chi connectivity index (χ2v) is 16.8. The van der Waals surface area contributed by atoms with E-state index in [1.54, 1.807) is 0 Å². The van der Waals surface area contributed by atoms with Crippen molar-refractivity contribution in [2.24, 2.45) is 0 Å². The summed E-state index contributed by atoms with van der Waals surface area (Å²) in [5.41, 5.74) is 8.23. The van der Waals surface area contributed by atoms with Gasteiger partial charge in [0, 0.05) is 24.3 Å². The summed E-state index contributed by atoms with van der Waals surface area (Å²) in [5, 5.41) is 32.0. The number of amides is 2. The quantitative estimate of drug-likeness (QED) is 0.0295. The lowest BCUT2D eigenvalue weighted by Crippen LogP contribution is -2.55. The summed E-state index contributed by atoms with van der Waals surface area (Å²) >= 11 is 1.15. The number of carboxylic acid groups (broad SMARTS) is 1. The first-order chi connectivity index (χ1) is 28.1. The lowest BCUT2D eigenvalue weighted by atomic mass is 10.0. The van der Waals surface area contributed by atoms with Crippen LogP contribution >= 0.6 is 11.8 Å². The number of hydrogen-bond acceptors (Lipinski definition) is 10. The fraction of sp³-hybridized carbons (Fsp3) is 0.886. The van der Waals surface area contributed by atoms with Gasteiger partial charge in [0.25, 0.3) is 0 Å². The monoisotopic (exact) mass is 845 g/mol. The Morgan fingerprint density at radius 1 is 0.534 bits per heavy atom. The minimum absolute atomic E-state index is 0.0557. The van der Waals surface area contributed by atoms with Crippen molar-refractivity contribution >= 4 is 41.5 Å². The zero-order valence-corrected chi connectivity index (χ0v) is 37.1. The largest absolute Gasteiger partial charge is 0.480 e. The predicted octanol–water partition coefficient (Wildman–Crippen LogP) is 7.83. The number of thioether (sulfide) groups is 1. The zero-order valence-electron chi connectivity index (χ0n) is 36.3. The summed E-state index contributed by atoms with van der Waals surface area (Å²) < 4.78 is 11.2. The normalized spacial score (nSPS) is 13.3. The molecule has 0 aromatic heterocycles. The number of unbranched alkanes of at least 4 members (excludes halogenated alkanes) is 24. The second kappa shape index (κ2) is 40.0. The van der Waals surface area contributed by atoms with Gasteiger partial charge in [-0.05, 0) is 12.8 Å². The van der Waals surface area contributed by atoms with Crippen LogP contribution in [-0.2, 0) is 33.4 Å². The zero-order chi connectivity index (χ0) is 43.1. The molecule has 0 spiro atoms. The highest BCUT2D eigenvalue weighted by atomic mass is 32.2. The number of hydrogen-bond donors (Lipinski definition) is 5. The molecule has 0 rings (SSSR count). The summed E-state index contributed by atoms with van der Waals surface area (Å²) in [7, 11) is 0. The van der Waals surface area contributed by atoms with Gasteiger partial charge in [0.2, 0.25) is 11.8 Å². The van der Waals surface area contributed by atoms with E-state index in [4.69, 9.17) is 25.4 Å². The van der Waals surface area contributed by atoms with Crippen LogP contribution < -0.4 is 16.4 Å². The molecule has 1 radical (unpaired) electrons. The number of carbonyl (C=O) groups is 5. The Morgan fingerprint density at radius 2 is 0.914 bits per heavy atom. The highest BCUT2D eigenvalue weighted by molar-refractivity contribution is 7.99. The summed E-state index contributed by atoms with van der Waals surface area (Å²) in [6.45, 7) is 2.60. The van der Waals surface area contributed by atoms with Gasteiger partial charge < -0.3 is 35.4 Å². The number of aliphatic hydroxyl groups is 2. The number of carboxylic acids is 1. The van der Waals surface area contributed by atoms with Crippen LogP contribution in [0.25, 0.3) is 0 Å². The van der Waals surface area contributed by atoms with Crippen molar-refractivity contribution in [3.8, 4) is 0 Å². The van der Waals surface area contributed by atoms with E-state index < -0.39 is 55.2 Å². The molecule has 0 heterocycles. The van der Waals surface area contributed by atoms with Crippen molar-refractivity contribution in [2.75, 3.05) is 31.3 Å². The Hall–Kier alpha value is -2.42. The maximum Gasteiger partial charge on any atom is 0.328 e. The Morgan fingerprint density at radius 3 is 1.31 bits per heavy atom. The van der Waals surface area contributed by atoms with Crippen molar-refractivity contribution in [3.05, 3.63) is 0 Å². The molecule has 0 aliphatic rings. The average molecular weight is 845 g/mol. The number of ether oxygens (including phenoxy) is 2. The maximum absolute atomic E-state index is 12.8.